The van der Waals surface area contributed by atoms with Crippen molar-refractivity contribution in [3.05, 3.63) is 65.7 Å². The summed E-state index contributed by atoms with van der Waals surface area (Å²) in [7, 11) is 1.82. The highest BCUT2D eigenvalue weighted by molar-refractivity contribution is 7.80. The Kier molecular flexibility index (Phi) is 4.85. The molecule has 0 aliphatic heterocycles. The molecule has 0 fully saturated rings. The number of thiocarbonyl (C=S) groups is 1. The maximum atomic E-state index is 5.32. The van der Waals surface area contributed by atoms with E-state index < -0.39 is 0 Å². The van der Waals surface area contributed by atoms with E-state index in [4.69, 9.17) is 12.2 Å². The van der Waals surface area contributed by atoms with Crippen LogP contribution in [-0.4, -0.2) is 23.4 Å². The highest BCUT2D eigenvalue weighted by Crippen LogP contribution is 2.10. The lowest BCUT2D eigenvalue weighted by Crippen LogP contribution is -2.26. The highest BCUT2D eigenvalue weighted by atomic mass is 32.1. The first-order valence-electron chi connectivity index (χ1n) is 6.35. The lowest BCUT2D eigenvalue weighted by atomic mass is 10.2. The van der Waals surface area contributed by atoms with Crippen molar-refractivity contribution in [3.8, 4) is 0 Å². The van der Waals surface area contributed by atoms with Crippen LogP contribution in [0.2, 0.25) is 0 Å². The van der Waals surface area contributed by atoms with Gasteiger partial charge >= 0.3 is 0 Å². The van der Waals surface area contributed by atoms with Crippen molar-refractivity contribution in [3.63, 3.8) is 0 Å². The molecule has 0 aromatic heterocycles. The molecule has 2 aromatic rings. The van der Waals surface area contributed by atoms with Gasteiger partial charge in [-0.3, -0.25) is 0 Å². The normalized spacial score (nSPS) is 10.5. The Bertz CT molecular complexity index is 608. The molecule has 0 aliphatic carbocycles. The van der Waals surface area contributed by atoms with E-state index in [9.17, 15) is 0 Å². The first-order chi connectivity index (χ1) is 9.65. The Balaban J connectivity index is 1.97. The maximum Gasteiger partial charge on any atom is 0.193 e. The maximum absolute atomic E-state index is 5.32. The number of nitrogens with zero attached hydrogens (tertiary/aromatic N) is 2. The molecular formula is C16H17N3S. The molecule has 0 unspecified atom stereocenters. The number of hydrogen-bond acceptors (Lipinski definition) is 2. The summed E-state index contributed by atoms with van der Waals surface area (Å²) in [4.78, 5) is 0. The monoisotopic (exact) mass is 283 g/mol. The van der Waals surface area contributed by atoms with Gasteiger partial charge in [-0.05, 0) is 42.4 Å². The van der Waals surface area contributed by atoms with Crippen LogP contribution in [0.1, 0.15) is 11.1 Å². The average molecular weight is 283 g/mol. The summed E-state index contributed by atoms with van der Waals surface area (Å²) >= 11 is 5.32. The zero-order valence-corrected chi connectivity index (χ0v) is 12.4. The van der Waals surface area contributed by atoms with E-state index in [1.54, 1.807) is 11.2 Å². The molecule has 0 bridgehead atoms. The molecule has 4 heteroatoms. The van der Waals surface area contributed by atoms with E-state index in [0.29, 0.717) is 5.11 Å². The molecule has 0 heterocycles. The SMILES string of the molecule is Cc1cccc(NC(=S)N(C)/N=C/c2ccccc2)c1. The van der Waals surface area contributed by atoms with E-state index in [0.717, 1.165) is 11.3 Å². The Morgan fingerprint density at radius 1 is 1.15 bits per heavy atom. The van der Waals surface area contributed by atoms with Crippen LogP contribution in [0.5, 0.6) is 0 Å². The van der Waals surface area contributed by atoms with Crippen LogP contribution in [0.4, 0.5) is 5.69 Å². The summed E-state index contributed by atoms with van der Waals surface area (Å²) in [5.74, 6) is 0. The average Bonchev–Trinajstić information content (AvgIpc) is 2.46. The molecule has 1 N–H and O–H groups in total. The van der Waals surface area contributed by atoms with Gasteiger partial charge in [-0.1, -0.05) is 42.5 Å². The number of nitrogens with one attached hydrogen (secondary N) is 1. The summed E-state index contributed by atoms with van der Waals surface area (Å²) in [6.45, 7) is 2.05. The van der Waals surface area contributed by atoms with Crippen LogP contribution < -0.4 is 5.32 Å². The topological polar surface area (TPSA) is 27.6 Å². The summed E-state index contributed by atoms with van der Waals surface area (Å²) in [6, 6.07) is 18.0. The molecule has 2 rings (SSSR count). The zero-order valence-electron chi connectivity index (χ0n) is 11.6. The lowest BCUT2D eigenvalue weighted by Gasteiger charge is -2.15. The van der Waals surface area contributed by atoms with E-state index >= 15 is 0 Å². The molecule has 2 aromatic carbocycles. The van der Waals surface area contributed by atoms with Gasteiger partial charge in [-0.15, -0.1) is 0 Å². The third-order valence-electron chi connectivity index (χ3n) is 2.74. The molecule has 0 spiro atoms. The molecule has 0 saturated carbocycles. The quantitative estimate of drug-likeness (QED) is 0.529. The van der Waals surface area contributed by atoms with Crippen molar-refractivity contribution in [2.75, 3.05) is 12.4 Å². The van der Waals surface area contributed by atoms with Crippen LogP contribution in [0.25, 0.3) is 0 Å². The molecule has 20 heavy (non-hydrogen) atoms. The van der Waals surface area contributed by atoms with Gasteiger partial charge in [-0.25, -0.2) is 5.01 Å². The molecule has 0 saturated heterocycles. The van der Waals surface area contributed by atoms with Crippen molar-refractivity contribution < 1.29 is 0 Å². The number of hydrazone groups is 1. The molecule has 0 aliphatic rings. The minimum atomic E-state index is 0.558. The third-order valence-corrected chi connectivity index (χ3v) is 3.11. The van der Waals surface area contributed by atoms with Crippen LogP contribution >= 0.6 is 12.2 Å². The molecule has 0 atom stereocenters. The fourth-order valence-corrected chi connectivity index (χ4v) is 1.84. The fraction of sp³-hybridized carbons (Fsp3) is 0.125. The molecular weight excluding hydrogens is 266 g/mol. The van der Waals surface area contributed by atoms with Crippen molar-refractivity contribution >= 4 is 29.2 Å². The van der Waals surface area contributed by atoms with E-state index in [2.05, 4.69) is 10.4 Å². The van der Waals surface area contributed by atoms with Gasteiger partial charge in [0, 0.05) is 12.7 Å². The van der Waals surface area contributed by atoms with Gasteiger partial charge in [0.05, 0.1) is 6.21 Å². The molecule has 0 amide bonds. The van der Waals surface area contributed by atoms with Crippen molar-refractivity contribution in [1.82, 2.24) is 5.01 Å². The predicted molar refractivity (Wildman–Crippen MR) is 89.2 cm³/mol. The van der Waals surface area contributed by atoms with Gasteiger partial charge in [0.2, 0.25) is 0 Å². The third kappa shape index (κ3) is 4.17. The van der Waals surface area contributed by atoms with Crippen molar-refractivity contribution in [1.29, 1.82) is 0 Å². The van der Waals surface area contributed by atoms with Gasteiger partial charge in [0.15, 0.2) is 5.11 Å². The number of rotatable bonds is 3. The predicted octanol–water partition coefficient (Wildman–Crippen LogP) is 3.66. The Hall–Kier alpha value is -2.20. The highest BCUT2D eigenvalue weighted by Gasteiger charge is 2.02. The number of hydrogen-bond donors (Lipinski definition) is 1. The van der Waals surface area contributed by atoms with Crippen LogP contribution in [0, 0.1) is 6.92 Å². The summed E-state index contributed by atoms with van der Waals surface area (Å²) < 4.78 is 0. The largest absolute Gasteiger partial charge is 0.331 e. The first kappa shape index (κ1) is 14.2. The second-order valence-corrected chi connectivity index (χ2v) is 4.87. The summed E-state index contributed by atoms with van der Waals surface area (Å²) in [5.41, 5.74) is 3.20. The molecule has 3 nitrogen and oxygen atoms in total. The van der Waals surface area contributed by atoms with Crippen molar-refractivity contribution in [2.24, 2.45) is 5.10 Å². The van der Waals surface area contributed by atoms with E-state index in [-0.39, 0.29) is 0 Å². The minimum absolute atomic E-state index is 0.558. The van der Waals surface area contributed by atoms with E-state index in [1.165, 1.54) is 5.56 Å². The Labute approximate surface area is 124 Å². The number of aryl methyl sites for hydroxylation is 1. The van der Waals surface area contributed by atoms with Crippen molar-refractivity contribution in [2.45, 2.75) is 6.92 Å². The Morgan fingerprint density at radius 3 is 2.60 bits per heavy atom. The van der Waals surface area contributed by atoms with E-state index in [1.807, 2.05) is 68.6 Å². The van der Waals surface area contributed by atoms with Crippen LogP contribution in [-0.2, 0) is 0 Å². The number of anilines is 1. The molecule has 102 valence electrons. The molecule has 0 radical (unpaired) electrons. The van der Waals surface area contributed by atoms with Crippen LogP contribution in [0.3, 0.4) is 0 Å². The van der Waals surface area contributed by atoms with Gasteiger partial charge in [0.1, 0.15) is 0 Å². The second-order valence-electron chi connectivity index (χ2n) is 4.48. The number of benzene rings is 2. The zero-order chi connectivity index (χ0) is 14.4. The second kappa shape index (κ2) is 6.82. The summed E-state index contributed by atoms with van der Waals surface area (Å²) in [6.07, 6.45) is 1.78. The van der Waals surface area contributed by atoms with Crippen LogP contribution in [0.15, 0.2) is 59.7 Å². The smallest absolute Gasteiger partial charge is 0.193 e. The standard InChI is InChI=1S/C16H17N3S/c1-13-7-6-10-15(11-13)18-16(20)19(2)17-12-14-8-4-3-5-9-14/h3-12H,1-2H3,(H,18,20)/b17-12+. The summed E-state index contributed by atoms with van der Waals surface area (Å²) in [5, 5.41) is 9.68. The van der Waals surface area contributed by atoms with Gasteiger partial charge < -0.3 is 5.32 Å². The van der Waals surface area contributed by atoms with Gasteiger partial charge in [-0.2, -0.15) is 5.10 Å². The van der Waals surface area contributed by atoms with Gasteiger partial charge in [0.25, 0.3) is 0 Å². The first-order valence-corrected chi connectivity index (χ1v) is 6.76. The fourth-order valence-electron chi connectivity index (χ4n) is 1.67. The lowest BCUT2D eigenvalue weighted by molar-refractivity contribution is 0.557. The Morgan fingerprint density at radius 2 is 1.90 bits per heavy atom. The minimum Gasteiger partial charge on any atom is -0.331 e.